The maximum Gasteiger partial charge on any atom is 0.134 e. The highest BCUT2D eigenvalue weighted by Gasteiger charge is 2.21. The molecule has 2 rings (SSSR count). The molecule has 2 N–H and O–H groups in total. The Kier molecular flexibility index (Phi) is 6.23. The summed E-state index contributed by atoms with van der Waals surface area (Å²) in [6, 6.07) is 0.410. The van der Waals surface area contributed by atoms with Gasteiger partial charge < -0.3 is 15.4 Å². The zero-order valence-electron chi connectivity index (χ0n) is 13.5. The fraction of sp³-hybridized carbons (Fsp3) is 0.750. The van der Waals surface area contributed by atoms with Crippen LogP contribution >= 0.6 is 0 Å². The Balaban J connectivity index is 2.07. The predicted octanol–water partition coefficient (Wildman–Crippen LogP) is 3.09. The maximum atomic E-state index is 5.44. The first-order chi connectivity index (χ1) is 10.3. The van der Waals surface area contributed by atoms with Crippen molar-refractivity contribution in [3.8, 4) is 0 Å². The molecule has 118 valence electrons. The molecule has 0 bridgehead atoms. The molecule has 1 aliphatic heterocycles. The molecular weight excluding hydrogens is 264 g/mol. The van der Waals surface area contributed by atoms with Gasteiger partial charge in [0.2, 0.25) is 0 Å². The average Bonchev–Trinajstić information content (AvgIpc) is 2.53. The third-order valence-corrected chi connectivity index (χ3v) is 4.18. The minimum atomic E-state index is 0.410. The summed E-state index contributed by atoms with van der Waals surface area (Å²) < 4.78 is 5.44. The van der Waals surface area contributed by atoms with E-state index in [0.717, 1.165) is 57.1 Å². The summed E-state index contributed by atoms with van der Waals surface area (Å²) in [6.07, 6.45) is 5.92. The van der Waals surface area contributed by atoms with E-state index in [1.807, 2.05) is 0 Å². The molecule has 1 fully saturated rings. The summed E-state index contributed by atoms with van der Waals surface area (Å²) >= 11 is 0. The summed E-state index contributed by atoms with van der Waals surface area (Å²) in [5, 5.41) is 7.00. The monoisotopic (exact) mass is 292 g/mol. The molecule has 5 heteroatoms. The molecule has 0 amide bonds. The number of hydrogen-bond donors (Lipinski definition) is 2. The summed E-state index contributed by atoms with van der Waals surface area (Å²) in [4.78, 5) is 8.84. The van der Waals surface area contributed by atoms with Crippen molar-refractivity contribution in [2.75, 3.05) is 30.4 Å². The average molecular weight is 292 g/mol. The molecule has 0 radical (unpaired) electrons. The van der Waals surface area contributed by atoms with E-state index in [1.54, 1.807) is 6.33 Å². The molecular formula is C16H28N4O. The van der Waals surface area contributed by atoms with E-state index in [4.69, 9.17) is 4.74 Å². The Morgan fingerprint density at radius 1 is 1.24 bits per heavy atom. The van der Waals surface area contributed by atoms with Crippen LogP contribution in [-0.4, -0.2) is 35.8 Å². The number of nitrogens with zero attached hydrogens (tertiary/aromatic N) is 2. The molecule has 0 saturated carbocycles. The number of ether oxygens (including phenoxy) is 1. The molecule has 0 aromatic carbocycles. The van der Waals surface area contributed by atoms with Crippen molar-refractivity contribution in [1.29, 1.82) is 0 Å². The topological polar surface area (TPSA) is 59.1 Å². The highest BCUT2D eigenvalue weighted by atomic mass is 16.5. The molecule has 0 spiro atoms. The van der Waals surface area contributed by atoms with Crippen LogP contribution in [0.4, 0.5) is 11.6 Å². The van der Waals surface area contributed by atoms with Crippen LogP contribution in [0.1, 0.15) is 45.6 Å². The highest BCUT2D eigenvalue weighted by molar-refractivity contribution is 5.57. The first-order valence-electron chi connectivity index (χ1n) is 8.18. The first-order valence-corrected chi connectivity index (χ1v) is 8.18. The fourth-order valence-corrected chi connectivity index (χ4v) is 2.82. The van der Waals surface area contributed by atoms with Crippen LogP contribution in [0.15, 0.2) is 6.33 Å². The molecule has 5 nitrogen and oxygen atoms in total. The molecule has 0 aliphatic carbocycles. The number of nitrogens with one attached hydrogen (secondary N) is 2. The van der Waals surface area contributed by atoms with Gasteiger partial charge in [-0.25, -0.2) is 9.97 Å². The lowest BCUT2D eigenvalue weighted by Gasteiger charge is -2.29. The lowest BCUT2D eigenvalue weighted by Crippen LogP contribution is -2.31. The Morgan fingerprint density at radius 3 is 2.62 bits per heavy atom. The second kappa shape index (κ2) is 8.17. The van der Waals surface area contributed by atoms with Crippen molar-refractivity contribution in [1.82, 2.24) is 9.97 Å². The van der Waals surface area contributed by atoms with Crippen LogP contribution in [0.2, 0.25) is 0 Å². The molecule has 1 aromatic heterocycles. The minimum Gasteiger partial charge on any atom is -0.381 e. The van der Waals surface area contributed by atoms with Crippen molar-refractivity contribution < 1.29 is 4.74 Å². The zero-order chi connectivity index (χ0) is 15.1. The summed E-state index contributed by atoms with van der Waals surface area (Å²) in [6.45, 7) is 9.26. The van der Waals surface area contributed by atoms with Gasteiger partial charge in [0.25, 0.3) is 0 Å². The van der Waals surface area contributed by atoms with Crippen molar-refractivity contribution in [3.05, 3.63) is 11.9 Å². The Morgan fingerprint density at radius 2 is 1.95 bits per heavy atom. The molecule has 1 aliphatic rings. The lowest BCUT2D eigenvalue weighted by molar-refractivity contribution is 0.0622. The molecule has 21 heavy (non-hydrogen) atoms. The minimum absolute atomic E-state index is 0.410. The van der Waals surface area contributed by atoms with Crippen molar-refractivity contribution >= 4 is 11.6 Å². The second-order valence-electron chi connectivity index (χ2n) is 5.71. The van der Waals surface area contributed by atoms with Crippen LogP contribution in [0.5, 0.6) is 0 Å². The molecule has 1 unspecified atom stereocenters. The number of rotatable bonds is 7. The molecule has 1 saturated heterocycles. The zero-order valence-corrected chi connectivity index (χ0v) is 13.5. The van der Waals surface area contributed by atoms with Gasteiger partial charge >= 0.3 is 0 Å². The fourth-order valence-electron chi connectivity index (χ4n) is 2.82. The van der Waals surface area contributed by atoms with E-state index in [0.29, 0.717) is 12.0 Å². The van der Waals surface area contributed by atoms with Gasteiger partial charge in [-0.05, 0) is 38.5 Å². The van der Waals surface area contributed by atoms with Crippen molar-refractivity contribution in [2.24, 2.45) is 5.92 Å². The van der Waals surface area contributed by atoms with Gasteiger partial charge in [-0.2, -0.15) is 0 Å². The quantitative estimate of drug-likeness (QED) is 0.808. The molecule has 1 aromatic rings. The van der Waals surface area contributed by atoms with E-state index in [9.17, 15) is 0 Å². The van der Waals surface area contributed by atoms with Gasteiger partial charge in [0, 0.05) is 31.4 Å². The summed E-state index contributed by atoms with van der Waals surface area (Å²) in [5.74, 6) is 2.60. The number of hydrogen-bond acceptors (Lipinski definition) is 5. The van der Waals surface area contributed by atoms with E-state index in [1.165, 1.54) is 5.56 Å². The Bertz CT molecular complexity index is 432. The third-order valence-electron chi connectivity index (χ3n) is 4.18. The Hall–Kier alpha value is -1.36. The van der Waals surface area contributed by atoms with Crippen LogP contribution in [-0.2, 0) is 11.2 Å². The van der Waals surface area contributed by atoms with Gasteiger partial charge in [0.05, 0.1) is 0 Å². The smallest absolute Gasteiger partial charge is 0.134 e. The SMILES string of the molecule is CCCNc1ncnc(NC(C)C2CCOCC2)c1CC. The van der Waals surface area contributed by atoms with E-state index in [2.05, 4.69) is 41.4 Å². The van der Waals surface area contributed by atoms with Gasteiger partial charge in [-0.15, -0.1) is 0 Å². The van der Waals surface area contributed by atoms with Gasteiger partial charge in [-0.3, -0.25) is 0 Å². The third kappa shape index (κ3) is 4.30. The van der Waals surface area contributed by atoms with Gasteiger partial charge in [0.1, 0.15) is 18.0 Å². The standard InChI is InChI=1S/C16H28N4O/c1-4-8-17-15-14(5-2)16(19-11-18-15)20-12(3)13-6-9-21-10-7-13/h11-13H,4-10H2,1-3H3,(H2,17,18,19,20). The van der Waals surface area contributed by atoms with Crippen molar-refractivity contribution in [2.45, 2.75) is 52.5 Å². The van der Waals surface area contributed by atoms with E-state index < -0.39 is 0 Å². The van der Waals surface area contributed by atoms with Crippen LogP contribution in [0.25, 0.3) is 0 Å². The highest BCUT2D eigenvalue weighted by Crippen LogP contribution is 2.25. The summed E-state index contributed by atoms with van der Waals surface area (Å²) in [7, 11) is 0. The first kappa shape index (κ1) is 16.0. The van der Waals surface area contributed by atoms with Crippen molar-refractivity contribution in [3.63, 3.8) is 0 Å². The van der Waals surface area contributed by atoms with E-state index in [-0.39, 0.29) is 0 Å². The largest absolute Gasteiger partial charge is 0.381 e. The van der Waals surface area contributed by atoms with E-state index >= 15 is 0 Å². The van der Waals surface area contributed by atoms with Gasteiger partial charge in [0.15, 0.2) is 0 Å². The lowest BCUT2D eigenvalue weighted by atomic mass is 9.93. The van der Waals surface area contributed by atoms with Gasteiger partial charge in [-0.1, -0.05) is 13.8 Å². The maximum absolute atomic E-state index is 5.44. The van der Waals surface area contributed by atoms with Crippen LogP contribution < -0.4 is 10.6 Å². The number of anilines is 2. The second-order valence-corrected chi connectivity index (χ2v) is 5.71. The normalized spacial score (nSPS) is 17.5. The predicted molar refractivity (Wildman–Crippen MR) is 86.8 cm³/mol. The van der Waals surface area contributed by atoms with Crippen LogP contribution in [0, 0.1) is 5.92 Å². The van der Waals surface area contributed by atoms with Crippen LogP contribution in [0.3, 0.4) is 0 Å². The molecule has 1 atom stereocenters. The Labute approximate surface area is 127 Å². The summed E-state index contributed by atoms with van der Waals surface area (Å²) in [5.41, 5.74) is 1.19. The molecule has 2 heterocycles. The number of aromatic nitrogens is 2.